The molecule has 0 bridgehead atoms. The molecule has 0 aliphatic carbocycles. The van der Waals surface area contributed by atoms with Crippen LogP contribution in [-0.4, -0.2) is 24.9 Å². The number of hydrogen-bond acceptors (Lipinski definition) is 2. The molecule has 1 N–H and O–H groups in total. The molecule has 18 heavy (non-hydrogen) atoms. The number of aryl methyl sites for hydroxylation is 1. The predicted octanol–water partition coefficient (Wildman–Crippen LogP) is 1.87. The van der Waals surface area contributed by atoms with Crippen molar-refractivity contribution in [3.8, 4) is 0 Å². The second-order valence-corrected chi connectivity index (χ2v) is 4.16. The molecule has 0 fully saturated rings. The molecule has 0 atom stereocenters. The van der Waals surface area contributed by atoms with Gasteiger partial charge in [-0.2, -0.15) is 0 Å². The quantitative estimate of drug-likeness (QED) is 0.865. The van der Waals surface area contributed by atoms with Crippen LogP contribution in [0.1, 0.15) is 25.8 Å². The van der Waals surface area contributed by atoms with E-state index in [1.807, 2.05) is 31.2 Å². The Balaban J connectivity index is 2.70. The van der Waals surface area contributed by atoms with E-state index in [1.54, 1.807) is 11.8 Å². The topological polar surface area (TPSA) is 49.4 Å². The van der Waals surface area contributed by atoms with Crippen LogP contribution in [0.3, 0.4) is 0 Å². The fourth-order valence-electron chi connectivity index (χ4n) is 1.75. The van der Waals surface area contributed by atoms with Gasteiger partial charge < -0.3 is 10.2 Å². The van der Waals surface area contributed by atoms with Crippen LogP contribution in [0.25, 0.3) is 0 Å². The highest BCUT2D eigenvalue weighted by Gasteiger charge is 2.12. The highest BCUT2D eigenvalue weighted by Crippen LogP contribution is 2.18. The van der Waals surface area contributed by atoms with Gasteiger partial charge >= 0.3 is 0 Å². The molecule has 0 saturated heterocycles. The minimum absolute atomic E-state index is 0.00304. The van der Waals surface area contributed by atoms with Crippen molar-refractivity contribution >= 4 is 17.5 Å². The summed E-state index contributed by atoms with van der Waals surface area (Å²) in [6.07, 6.45) is 0.463. The lowest BCUT2D eigenvalue weighted by Crippen LogP contribution is -2.37. The highest BCUT2D eigenvalue weighted by atomic mass is 16.2. The Labute approximate surface area is 108 Å². The lowest BCUT2D eigenvalue weighted by Gasteiger charge is -2.23. The first-order valence-electron chi connectivity index (χ1n) is 6.16. The van der Waals surface area contributed by atoms with Gasteiger partial charge in [-0.3, -0.25) is 9.59 Å². The zero-order valence-electron chi connectivity index (χ0n) is 11.2. The number of hydrogen-bond donors (Lipinski definition) is 1. The van der Waals surface area contributed by atoms with Crippen molar-refractivity contribution in [1.82, 2.24) is 5.32 Å². The summed E-state index contributed by atoms with van der Waals surface area (Å²) in [7, 11) is 0. The molecule has 98 valence electrons. The van der Waals surface area contributed by atoms with E-state index in [2.05, 4.69) is 5.32 Å². The van der Waals surface area contributed by atoms with Crippen molar-refractivity contribution in [3.63, 3.8) is 0 Å². The number of para-hydroxylation sites is 1. The van der Waals surface area contributed by atoms with Gasteiger partial charge in [0.1, 0.15) is 0 Å². The fourth-order valence-corrected chi connectivity index (χ4v) is 1.75. The second-order valence-electron chi connectivity index (χ2n) is 4.16. The maximum Gasteiger partial charge on any atom is 0.223 e. The minimum Gasteiger partial charge on any atom is -0.354 e. The molecule has 4 nitrogen and oxygen atoms in total. The highest BCUT2D eigenvalue weighted by molar-refractivity contribution is 5.92. The van der Waals surface area contributed by atoms with Gasteiger partial charge in [-0.05, 0) is 18.6 Å². The lowest BCUT2D eigenvalue weighted by atomic mass is 10.2. The predicted molar refractivity (Wildman–Crippen MR) is 72.5 cm³/mol. The Bertz CT molecular complexity index is 430. The molecule has 1 rings (SSSR count). The first kappa shape index (κ1) is 14.2. The maximum atomic E-state index is 11.7. The molecule has 1 aromatic rings. The summed E-state index contributed by atoms with van der Waals surface area (Å²) in [4.78, 5) is 24.5. The van der Waals surface area contributed by atoms with Crippen LogP contribution in [-0.2, 0) is 9.59 Å². The van der Waals surface area contributed by atoms with Gasteiger partial charge in [0, 0.05) is 32.1 Å². The summed E-state index contributed by atoms with van der Waals surface area (Å²) < 4.78 is 0. The zero-order valence-corrected chi connectivity index (χ0v) is 11.2. The molecule has 0 aliphatic heterocycles. The zero-order chi connectivity index (χ0) is 13.5. The van der Waals surface area contributed by atoms with Crippen molar-refractivity contribution in [2.45, 2.75) is 27.2 Å². The molecule has 2 amide bonds. The SMILES string of the molecule is CCC(=O)NCCN(C(C)=O)c1ccccc1C. The summed E-state index contributed by atoms with van der Waals surface area (Å²) in [5.74, 6) is -0.0154. The summed E-state index contributed by atoms with van der Waals surface area (Å²) in [6, 6.07) is 7.73. The van der Waals surface area contributed by atoms with Crippen LogP contribution in [0.15, 0.2) is 24.3 Å². The van der Waals surface area contributed by atoms with Gasteiger partial charge in [-0.15, -0.1) is 0 Å². The van der Waals surface area contributed by atoms with E-state index >= 15 is 0 Å². The summed E-state index contributed by atoms with van der Waals surface area (Å²) in [5, 5.41) is 2.77. The third-order valence-electron chi connectivity index (χ3n) is 2.77. The average Bonchev–Trinajstić information content (AvgIpc) is 2.35. The van der Waals surface area contributed by atoms with Crippen molar-refractivity contribution < 1.29 is 9.59 Å². The van der Waals surface area contributed by atoms with Crippen LogP contribution in [0, 0.1) is 6.92 Å². The Morgan fingerprint density at radius 1 is 1.28 bits per heavy atom. The minimum atomic E-state index is -0.0185. The van der Waals surface area contributed by atoms with Gasteiger partial charge in [0.15, 0.2) is 0 Å². The molecule has 0 saturated carbocycles. The summed E-state index contributed by atoms with van der Waals surface area (Å²) in [6.45, 7) is 6.27. The van der Waals surface area contributed by atoms with Gasteiger partial charge in [0.2, 0.25) is 11.8 Å². The molecule has 4 heteroatoms. The van der Waals surface area contributed by atoms with E-state index in [0.717, 1.165) is 11.3 Å². The van der Waals surface area contributed by atoms with Gasteiger partial charge in [-0.25, -0.2) is 0 Å². The third kappa shape index (κ3) is 3.87. The Morgan fingerprint density at radius 3 is 2.50 bits per heavy atom. The van der Waals surface area contributed by atoms with Crippen LogP contribution in [0.5, 0.6) is 0 Å². The Hall–Kier alpha value is -1.84. The first-order chi connectivity index (χ1) is 8.56. The molecular formula is C14H20N2O2. The Kier molecular flexibility index (Phi) is 5.36. The van der Waals surface area contributed by atoms with E-state index in [1.165, 1.54) is 6.92 Å². The maximum absolute atomic E-state index is 11.7. The molecule has 0 aromatic heterocycles. The first-order valence-corrected chi connectivity index (χ1v) is 6.16. The second kappa shape index (κ2) is 6.79. The van der Waals surface area contributed by atoms with Crippen molar-refractivity contribution in [2.75, 3.05) is 18.0 Å². The molecule has 0 spiro atoms. The number of nitrogens with one attached hydrogen (secondary N) is 1. The number of anilines is 1. The van der Waals surface area contributed by atoms with E-state index in [0.29, 0.717) is 19.5 Å². The molecule has 0 radical (unpaired) electrons. The van der Waals surface area contributed by atoms with E-state index in [4.69, 9.17) is 0 Å². The van der Waals surface area contributed by atoms with Crippen LogP contribution in [0.4, 0.5) is 5.69 Å². The number of nitrogens with zero attached hydrogens (tertiary/aromatic N) is 1. The molecule has 0 aliphatic rings. The van der Waals surface area contributed by atoms with Crippen molar-refractivity contribution in [2.24, 2.45) is 0 Å². The third-order valence-corrected chi connectivity index (χ3v) is 2.77. The molecular weight excluding hydrogens is 228 g/mol. The van der Waals surface area contributed by atoms with Crippen molar-refractivity contribution in [3.05, 3.63) is 29.8 Å². The largest absolute Gasteiger partial charge is 0.354 e. The summed E-state index contributed by atoms with van der Waals surface area (Å²) >= 11 is 0. The van der Waals surface area contributed by atoms with E-state index in [9.17, 15) is 9.59 Å². The number of rotatable bonds is 5. The van der Waals surface area contributed by atoms with Crippen LogP contribution in [0.2, 0.25) is 0 Å². The number of benzene rings is 1. The van der Waals surface area contributed by atoms with Crippen LogP contribution < -0.4 is 10.2 Å². The summed E-state index contributed by atoms with van der Waals surface area (Å²) in [5.41, 5.74) is 1.95. The normalized spacial score (nSPS) is 9.94. The smallest absolute Gasteiger partial charge is 0.223 e. The van der Waals surface area contributed by atoms with Gasteiger partial charge in [0.05, 0.1) is 0 Å². The fraction of sp³-hybridized carbons (Fsp3) is 0.429. The van der Waals surface area contributed by atoms with E-state index in [-0.39, 0.29) is 11.8 Å². The molecule has 1 aromatic carbocycles. The molecule has 0 heterocycles. The van der Waals surface area contributed by atoms with Crippen molar-refractivity contribution in [1.29, 1.82) is 0 Å². The molecule has 0 unspecified atom stereocenters. The standard InChI is InChI=1S/C14H20N2O2/c1-4-14(18)15-9-10-16(12(3)17)13-8-6-5-7-11(13)2/h5-8H,4,9-10H2,1-3H3,(H,15,18). The number of amides is 2. The average molecular weight is 248 g/mol. The van der Waals surface area contributed by atoms with Gasteiger partial charge in [-0.1, -0.05) is 25.1 Å². The lowest BCUT2D eigenvalue weighted by molar-refractivity contribution is -0.121. The Morgan fingerprint density at radius 2 is 1.94 bits per heavy atom. The van der Waals surface area contributed by atoms with Crippen LogP contribution >= 0.6 is 0 Å². The number of carbonyl (C=O) groups excluding carboxylic acids is 2. The number of carbonyl (C=O) groups is 2. The van der Waals surface area contributed by atoms with Gasteiger partial charge in [0.25, 0.3) is 0 Å². The monoisotopic (exact) mass is 248 g/mol. The van der Waals surface area contributed by atoms with E-state index < -0.39 is 0 Å².